The number of halogens is 3. The zero-order valence-corrected chi connectivity index (χ0v) is 43.5. The molecule has 6 atom stereocenters. The fraction of sp³-hybridized carbons (Fsp3) is 0.529. The minimum absolute atomic E-state index is 0. The number of nitrogens with one attached hydrogen (secondary N) is 4. The molecule has 6 N–H and O–H groups in total. The van der Waals surface area contributed by atoms with Gasteiger partial charge in [-0.2, -0.15) is 0 Å². The molecule has 0 saturated carbocycles. The number of allylic oxidation sites excluding steroid dienone is 2. The van der Waals surface area contributed by atoms with E-state index in [0.29, 0.717) is 64.5 Å². The van der Waals surface area contributed by atoms with Crippen molar-refractivity contribution in [1.82, 2.24) is 31.1 Å². The molecule has 2 heterocycles. The predicted molar refractivity (Wildman–Crippen MR) is 274 cm³/mol. The van der Waals surface area contributed by atoms with Gasteiger partial charge in [0, 0.05) is 39.0 Å². The van der Waals surface area contributed by atoms with Crippen LogP contribution in [0, 0.1) is 11.8 Å². The third-order valence-electron chi connectivity index (χ3n) is 11.5. The molecule has 2 saturated heterocycles. The third-order valence-corrected chi connectivity index (χ3v) is 11.8. The normalized spacial score (nSPS) is 17.1. The number of carboxylic acid groups (broad SMARTS) is 1. The Bertz CT molecular complexity index is 2080. The van der Waals surface area contributed by atoms with Crippen LogP contribution in [0.5, 0.6) is 0 Å². The van der Waals surface area contributed by atoms with Crippen LogP contribution in [-0.2, 0) is 55.9 Å². The Morgan fingerprint density at radius 1 is 0.681 bits per heavy atom. The van der Waals surface area contributed by atoms with E-state index in [0.717, 1.165) is 11.1 Å². The van der Waals surface area contributed by atoms with Gasteiger partial charge >= 0.3 is 30.8 Å². The van der Waals surface area contributed by atoms with Crippen molar-refractivity contribution in [2.75, 3.05) is 32.8 Å². The molecule has 394 valence electrons. The van der Waals surface area contributed by atoms with E-state index in [4.69, 9.17) is 39.5 Å². The number of rotatable bonds is 21. The summed E-state index contributed by atoms with van der Waals surface area (Å²) in [5, 5.41) is 20.2. The zero-order valence-electron chi connectivity index (χ0n) is 41.3. The standard InChI is InChI=1S/C26H34Cl3N3O5.C24H33N3O5.CH4.Li.H2O/c1-3-4-12-22(33)31-21(14-13-19-9-6-5-7-10-19)23(34)30-18(2)24(35)32-15-8-11-20(16-32)25(36)37-17-26(27,28)29;1-3-4-12-21(28)26-20(14-13-18-9-6-5-7-10-18)22(29)25-17(2)23(30)27-15-8-11-19(16-27)24(31)32;;;/h3-7,9-10,18,20-21H,8,11-17H2,1-2H3,(H,30,34)(H,31,33);3-7,9-10,17,19-20H,8,11-16H2,1-2H3,(H,25,29)(H,26,28)(H,31,32);1H4;;1H2/q;;;+1;/p-1/b2*4-3+;;;/t18-,20+,21-;17-,19+,20-;;;/m00.../s1. The molecule has 2 aliphatic heterocycles. The Kier molecular flexibility index (Phi) is 32.9. The van der Waals surface area contributed by atoms with Crippen molar-refractivity contribution in [2.45, 2.75) is 127 Å². The maximum absolute atomic E-state index is 13.1. The maximum Gasteiger partial charge on any atom is 1.00 e. The molecular formula is C51H72Cl3LiN6O11. The van der Waals surface area contributed by atoms with Crippen LogP contribution in [0.4, 0.5) is 0 Å². The molecule has 0 spiro atoms. The number of likely N-dealkylation sites (tertiary alicyclic amines) is 2. The number of nitrogens with zero attached hydrogens (tertiary/aromatic N) is 2. The van der Waals surface area contributed by atoms with E-state index >= 15 is 0 Å². The first-order valence-corrected chi connectivity index (χ1v) is 24.5. The largest absolute Gasteiger partial charge is 1.00 e. The molecule has 2 fully saturated rings. The summed E-state index contributed by atoms with van der Waals surface area (Å²) in [5.41, 5.74) is 2.08. The van der Waals surface area contributed by atoms with Gasteiger partial charge in [-0.15, -0.1) is 0 Å². The molecule has 4 rings (SSSR count). The summed E-state index contributed by atoms with van der Waals surface area (Å²) in [5.74, 6) is -4.63. The van der Waals surface area contributed by atoms with Crippen LogP contribution >= 0.6 is 34.8 Å². The molecule has 17 nitrogen and oxygen atoms in total. The van der Waals surface area contributed by atoms with E-state index in [-0.39, 0.29) is 87.9 Å². The summed E-state index contributed by atoms with van der Waals surface area (Å²) in [4.78, 5) is 103. The summed E-state index contributed by atoms with van der Waals surface area (Å²) in [6.45, 7) is 7.63. The number of esters is 1. The van der Waals surface area contributed by atoms with Crippen molar-refractivity contribution in [3.63, 3.8) is 0 Å². The molecule has 2 aliphatic rings. The van der Waals surface area contributed by atoms with Gasteiger partial charge < -0.3 is 46.4 Å². The first-order valence-electron chi connectivity index (χ1n) is 23.3. The number of piperidine rings is 2. The van der Waals surface area contributed by atoms with Crippen molar-refractivity contribution in [3.05, 3.63) is 96.1 Å². The van der Waals surface area contributed by atoms with Crippen LogP contribution in [0.2, 0.25) is 0 Å². The van der Waals surface area contributed by atoms with E-state index < -0.39 is 63.5 Å². The molecule has 0 aliphatic carbocycles. The Balaban J connectivity index is 0.00000136. The molecular weight excluding hydrogens is 986 g/mol. The van der Waals surface area contributed by atoms with E-state index in [1.807, 2.05) is 74.5 Å². The van der Waals surface area contributed by atoms with Gasteiger partial charge in [0.15, 0.2) is 0 Å². The average molecular weight is 1060 g/mol. The van der Waals surface area contributed by atoms with Crippen molar-refractivity contribution in [3.8, 4) is 0 Å². The third kappa shape index (κ3) is 25.2. The second kappa shape index (κ2) is 35.3. The first kappa shape index (κ1) is 67.1. The number of hydrogen-bond acceptors (Lipinski definition) is 10. The first-order chi connectivity index (χ1) is 32.8. The van der Waals surface area contributed by atoms with Crippen molar-refractivity contribution in [2.24, 2.45) is 11.8 Å². The molecule has 0 radical (unpaired) electrons. The summed E-state index contributed by atoms with van der Waals surface area (Å²) in [6, 6.07) is 16.0. The van der Waals surface area contributed by atoms with E-state index in [2.05, 4.69) is 21.3 Å². The monoisotopic (exact) mass is 1060 g/mol. The molecule has 0 unspecified atom stereocenters. The molecule has 72 heavy (non-hydrogen) atoms. The second-order valence-corrected chi connectivity index (χ2v) is 19.6. The topological polar surface area (TPSA) is 251 Å². The Labute approximate surface area is 451 Å². The quantitative estimate of drug-likeness (QED) is 0.0526. The Morgan fingerprint density at radius 2 is 1.07 bits per heavy atom. The van der Waals surface area contributed by atoms with E-state index in [9.17, 15) is 43.5 Å². The van der Waals surface area contributed by atoms with E-state index in [1.54, 1.807) is 38.2 Å². The van der Waals surface area contributed by atoms with Crippen molar-refractivity contribution >= 4 is 82.2 Å². The number of aryl methyl sites for hydroxylation is 2. The number of amides is 6. The average Bonchev–Trinajstić information content (AvgIpc) is 3.34. The summed E-state index contributed by atoms with van der Waals surface area (Å²) >= 11 is 16.9. The van der Waals surface area contributed by atoms with E-state index in [1.165, 1.54) is 9.80 Å². The zero-order chi connectivity index (χ0) is 50.9. The fourth-order valence-corrected chi connectivity index (χ4v) is 7.89. The van der Waals surface area contributed by atoms with Crippen LogP contribution in [0.3, 0.4) is 0 Å². The van der Waals surface area contributed by atoms with Gasteiger partial charge in [0.05, 0.1) is 11.8 Å². The summed E-state index contributed by atoms with van der Waals surface area (Å²) < 4.78 is 3.36. The number of benzene rings is 2. The number of carbonyl (C=O) groups is 8. The molecule has 21 heteroatoms. The molecule has 6 amide bonds. The van der Waals surface area contributed by atoms with Gasteiger partial charge in [-0.05, 0) is 90.2 Å². The van der Waals surface area contributed by atoms with Gasteiger partial charge in [0.2, 0.25) is 39.2 Å². The van der Waals surface area contributed by atoms with Crippen LogP contribution in [-0.4, -0.2) is 129 Å². The van der Waals surface area contributed by atoms with Crippen LogP contribution in [0.1, 0.15) is 97.6 Å². The van der Waals surface area contributed by atoms with Gasteiger partial charge in [0.1, 0.15) is 30.8 Å². The number of aliphatic carboxylic acids is 1. The number of ether oxygens (including phenoxy) is 1. The van der Waals surface area contributed by atoms with Gasteiger partial charge in [0.25, 0.3) is 0 Å². The minimum Gasteiger partial charge on any atom is -0.870 e. The molecule has 2 aromatic carbocycles. The minimum atomic E-state index is -1.71. The Hall–Kier alpha value is -4.89. The second-order valence-electron chi connectivity index (χ2n) is 17.1. The van der Waals surface area contributed by atoms with Crippen molar-refractivity contribution < 1.29 is 72.5 Å². The maximum atomic E-state index is 13.1. The molecule has 2 aromatic rings. The van der Waals surface area contributed by atoms with Gasteiger partial charge in [-0.25, -0.2) is 0 Å². The van der Waals surface area contributed by atoms with Crippen molar-refractivity contribution in [1.29, 1.82) is 0 Å². The number of alkyl halides is 3. The Morgan fingerprint density at radius 3 is 1.44 bits per heavy atom. The molecule has 0 aromatic heterocycles. The van der Waals surface area contributed by atoms with Crippen LogP contribution < -0.4 is 40.1 Å². The van der Waals surface area contributed by atoms with Crippen LogP contribution in [0.25, 0.3) is 0 Å². The van der Waals surface area contributed by atoms with Crippen LogP contribution in [0.15, 0.2) is 85.0 Å². The smallest absolute Gasteiger partial charge is 0.870 e. The number of carboxylic acids is 1. The SMILES string of the molecule is C.C/C=C/CC(=O)N[C@@H](CCc1ccccc1)C(=O)N[C@@H](C)C(=O)N1CCC[C@@H](C(=O)O)C1.C/C=C/CC(=O)N[C@@H](CCc1ccccc1)C(=O)N[C@@H](C)C(=O)N1CCC[C@@H](C(=O)OCC(Cl)(Cl)Cl)C1.[Li+].[OH-]. The fourth-order valence-electron chi connectivity index (χ4n) is 7.72. The summed E-state index contributed by atoms with van der Waals surface area (Å²) in [7, 11) is 0. The number of carbonyl (C=O) groups excluding carboxylic acids is 7. The van der Waals surface area contributed by atoms with Gasteiger partial charge in [-0.1, -0.05) is 127 Å². The number of hydrogen-bond donors (Lipinski definition) is 5. The summed E-state index contributed by atoms with van der Waals surface area (Å²) in [6.07, 6.45) is 11.5. The van der Waals surface area contributed by atoms with Gasteiger partial charge in [-0.3, -0.25) is 38.4 Å². The predicted octanol–water partition coefficient (Wildman–Crippen LogP) is 3.09. The molecule has 0 bridgehead atoms.